The molecule has 0 saturated carbocycles. The first-order chi connectivity index (χ1) is 25.3. The SMILES string of the molecule is Cc1cc(/C=C/C(=O)N2CCN(Cc3ccc(CCOCc4ccc(F)cc4)cc3)CC2)cc(Cl)c1Oc1ccc(OCc2ccccc2Cl)cn1.Cl. The maximum Gasteiger partial charge on any atom is 0.246 e. The summed E-state index contributed by atoms with van der Waals surface area (Å²) in [6, 6.07) is 29.7. The van der Waals surface area contributed by atoms with E-state index in [4.69, 9.17) is 37.4 Å². The number of carbonyl (C=O) groups is 1. The molecule has 5 aromatic rings. The van der Waals surface area contributed by atoms with Crippen LogP contribution in [0.5, 0.6) is 17.4 Å². The Morgan fingerprint density at radius 2 is 1.57 bits per heavy atom. The van der Waals surface area contributed by atoms with E-state index < -0.39 is 0 Å². The standard InChI is InChI=1S/C42H40Cl2FN3O4.ClH/c1-30-24-34(25-39(44)42(30)52-40-16-15-37(26-46-40)51-29-35-4-2-3-5-38(35)43)12-17-41(49)48-21-19-47(20-22-48)27-32-8-6-31(7-9-32)18-23-50-28-33-10-13-36(45)14-11-33;/h2-17,24-26H,18-23,27-29H2,1H3;1H/b17-12+;. The molecule has 53 heavy (non-hydrogen) atoms. The van der Waals surface area contributed by atoms with Gasteiger partial charge in [-0.25, -0.2) is 9.37 Å². The van der Waals surface area contributed by atoms with Gasteiger partial charge in [0.25, 0.3) is 0 Å². The minimum atomic E-state index is -0.241. The van der Waals surface area contributed by atoms with Crippen molar-refractivity contribution in [3.05, 3.63) is 159 Å². The first kappa shape index (κ1) is 39.8. The topological polar surface area (TPSA) is 64.1 Å². The van der Waals surface area contributed by atoms with Gasteiger partial charge in [0.05, 0.1) is 24.4 Å². The number of ether oxygens (including phenoxy) is 3. The third kappa shape index (κ3) is 11.8. The van der Waals surface area contributed by atoms with E-state index in [1.54, 1.807) is 48.7 Å². The Morgan fingerprint density at radius 1 is 0.849 bits per heavy atom. The lowest BCUT2D eigenvalue weighted by atomic mass is 10.1. The van der Waals surface area contributed by atoms with Crippen molar-refractivity contribution in [1.82, 2.24) is 14.8 Å². The van der Waals surface area contributed by atoms with E-state index in [9.17, 15) is 9.18 Å². The Kier molecular flexibility index (Phi) is 14.7. The van der Waals surface area contributed by atoms with Crippen LogP contribution in [0, 0.1) is 12.7 Å². The highest BCUT2D eigenvalue weighted by molar-refractivity contribution is 6.32. The van der Waals surface area contributed by atoms with Gasteiger partial charge in [-0.15, -0.1) is 12.4 Å². The second-order valence-corrected chi connectivity index (χ2v) is 13.5. The molecule has 1 amide bonds. The molecule has 1 aliphatic heterocycles. The smallest absolute Gasteiger partial charge is 0.246 e. The fourth-order valence-corrected chi connectivity index (χ4v) is 6.31. The van der Waals surface area contributed by atoms with Crippen LogP contribution in [0.15, 0.2) is 109 Å². The van der Waals surface area contributed by atoms with E-state index in [0.717, 1.165) is 48.3 Å². The number of benzene rings is 4. The number of piperazine rings is 1. The van der Waals surface area contributed by atoms with Crippen molar-refractivity contribution in [3.8, 4) is 17.4 Å². The second kappa shape index (κ2) is 19.6. The molecule has 1 fully saturated rings. The lowest BCUT2D eigenvalue weighted by molar-refractivity contribution is -0.127. The monoisotopic (exact) mass is 775 g/mol. The molecule has 0 unspecified atom stereocenters. The Labute approximate surface area is 326 Å². The van der Waals surface area contributed by atoms with Crippen molar-refractivity contribution in [1.29, 1.82) is 0 Å². The number of aryl methyl sites for hydroxylation is 1. The Hall–Kier alpha value is -4.44. The van der Waals surface area contributed by atoms with E-state index in [1.165, 1.54) is 23.3 Å². The molecule has 0 spiro atoms. The predicted molar refractivity (Wildman–Crippen MR) is 211 cm³/mol. The van der Waals surface area contributed by atoms with Crippen LogP contribution in [0.3, 0.4) is 0 Å². The molecular formula is C42H41Cl3FN3O4. The summed E-state index contributed by atoms with van der Waals surface area (Å²) in [5.41, 5.74) is 5.92. The van der Waals surface area contributed by atoms with Crippen LogP contribution in [-0.4, -0.2) is 53.5 Å². The van der Waals surface area contributed by atoms with Crippen LogP contribution in [0.4, 0.5) is 4.39 Å². The van der Waals surface area contributed by atoms with E-state index in [2.05, 4.69) is 34.1 Å². The molecule has 0 atom stereocenters. The number of aromatic nitrogens is 1. The highest BCUT2D eigenvalue weighted by Crippen LogP contribution is 2.34. The van der Waals surface area contributed by atoms with E-state index in [1.807, 2.05) is 42.2 Å². The molecule has 7 nitrogen and oxygen atoms in total. The second-order valence-electron chi connectivity index (χ2n) is 12.6. The summed E-state index contributed by atoms with van der Waals surface area (Å²) in [4.78, 5) is 21.6. The first-order valence-corrected chi connectivity index (χ1v) is 17.9. The number of carbonyl (C=O) groups excluding carboxylic acids is 1. The predicted octanol–water partition coefficient (Wildman–Crippen LogP) is 9.75. The molecule has 276 valence electrons. The number of halogens is 4. The summed E-state index contributed by atoms with van der Waals surface area (Å²) in [5, 5.41) is 1.07. The van der Waals surface area contributed by atoms with E-state index in [0.29, 0.717) is 60.3 Å². The molecule has 2 heterocycles. The highest BCUT2D eigenvalue weighted by atomic mass is 35.5. The quantitative estimate of drug-likeness (QED) is 0.0827. The average molecular weight is 777 g/mol. The summed E-state index contributed by atoms with van der Waals surface area (Å²) < 4.78 is 30.6. The molecule has 0 radical (unpaired) electrons. The van der Waals surface area contributed by atoms with Crippen LogP contribution in [0.2, 0.25) is 10.0 Å². The summed E-state index contributed by atoms with van der Waals surface area (Å²) in [6.45, 7) is 7.07. The van der Waals surface area contributed by atoms with E-state index in [-0.39, 0.29) is 24.1 Å². The normalized spacial score (nSPS) is 13.2. The molecule has 4 aromatic carbocycles. The van der Waals surface area contributed by atoms with Crippen molar-refractivity contribution in [2.24, 2.45) is 0 Å². The van der Waals surface area contributed by atoms with Crippen LogP contribution in [0.25, 0.3) is 6.08 Å². The van der Waals surface area contributed by atoms with Gasteiger partial charge < -0.3 is 19.1 Å². The summed E-state index contributed by atoms with van der Waals surface area (Å²) in [6.07, 6.45) is 5.80. The van der Waals surface area contributed by atoms with Gasteiger partial charge in [-0.1, -0.05) is 77.8 Å². The third-order valence-corrected chi connectivity index (χ3v) is 9.42. The van der Waals surface area contributed by atoms with Crippen LogP contribution in [-0.2, 0) is 35.7 Å². The first-order valence-electron chi connectivity index (χ1n) is 17.2. The maximum atomic E-state index is 13.1. The van der Waals surface area contributed by atoms with Crippen LogP contribution < -0.4 is 9.47 Å². The van der Waals surface area contributed by atoms with Crippen molar-refractivity contribution in [2.45, 2.75) is 33.1 Å². The Balaban J connectivity index is 0.00000541. The summed E-state index contributed by atoms with van der Waals surface area (Å²) >= 11 is 12.8. The minimum Gasteiger partial charge on any atom is -0.487 e. The van der Waals surface area contributed by atoms with Gasteiger partial charge in [-0.05, 0) is 83.6 Å². The molecule has 0 N–H and O–H groups in total. The van der Waals surface area contributed by atoms with Gasteiger partial charge in [0.15, 0.2) is 5.75 Å². The van der Waals surface area contributed by atoms with Crippen molar-refractivity contribution in [3.63, 3.8) is 0 Å². The van der Waals surface area contributed by atoms with Gasteiger partial charge in [0.1, 0.15) is 18.2 Å². The fourth-order valence-electron chi connectivity index (χ4n) is 5.81. The van der Waals surface area contributed by atoms with Crippen molar-refractivity contribution in [2.75, 3.05) is 32.8 Å². The molecule has 1 aromatic heterocycles. The molecule has 0 bridgehead atoms. The largest absolute Gasteiger partial charge is 0.487 e. The zero-order valence-corrected chi connectivity index (χ0v) is 31.7. The lowest BCUT2D eigenvalue weighted by Gasteiger charge is -2.34. The fraction of sp³-hybridized carbons (Fsp3) is 0.238. The van der Waals surface area contributed by atoms with Crippen LogP contribution in [0.1, 0.15) is 33.4 Å². The zero-order valence-electron chi connectivity index (χ0n) is 29.4. The number of rotatable bonds is 14. The van der Waals surface area contributed by atoms with Crippen LogP contribution >= 0.6 is 35.6 Å². The summed E-state index contributed by atoms with van der Waals surface area (Å²) in [5.74, 6) is 1.20. The van der Waals surface area contributed by atoms with Gasteiger partial charge >= 0.3 is 0 Å². The lowest BCUT2D eigenvalue weighted by Crippen LogP contribution is -2.47. The number of hydrogen-bond acceptors (Lipinski definition) is 6. The molecule has 0 aliphatic carbocycles. The maximum absolute atomic E-state index is 13.1. The highest BCUT2D eigenvalue weighted by Gasteiger charge is 2.20. The zero-order chi connectivity index (χ0) is 36.3. The van der Waals surface area contributed by atoms with Crippen molar-refractivity contribution < 1.29 is 23.4 Å². The van der Waals surface area contributed by atoms with Gasteiger partial charge in [0.2, 0.25) is 11.8 Å². The minimum absolute atomic E-state index is 0. The van der Waals surface area contributed by atoms with Gasteiger partial charge in [-0.2, -0.15) is 0 Å². The molecular weight excluding hydrogens is 736 g/mol. The Bertz CT molecular complexity index is 1950. The summed E-state index contributed by atoms with van der Waals surface area (Å²) in [7, 11) is 0. The number of amides is 1. The van der Waals surface area contributed by atoms with Crippen molar-refractivity contribution >= 4 is 47.6 Å². The average Bonchev–Trinajstić information content (AvgIpc) is 3.16. The number of pyridine rings is 1. The number of hydrogen-bond donors (Lipinski definition) is 0. The number of nitrogens with zero attached hydrogens (tertiary/aromatic N) is 3. The molecule has 1 saturated heterocycles. The molecule has 1 aliphatic rings. The Morgan fingerprint density at radius 3 is 2.26 bits per heavy atom. The van der Waals surface area contributed by atoms with Gasteiger partial charge in [-0.3, -0.25) is 9.69 Å². The third-order valence-electron chi connectivity index (χ3n) is 8.77. The van der Waals surface area contributed by atoms with E-state index >= 15 is 0 Å². The molecule has 11 heteroatoms. The molecule has 6 rings (SSSR count). The van der Waals surface area contributed by atoms with Gasteiger partial charge in [0, 0.05) is 55.5 Å².